The lowest BCUT2D eigenvalue weighted by molar-refractivity contribution is -0.137. The summed E-state index contributed by atoms with van der Waals surface area (Å²) in [5.74, 6) is 3.83. The largest absolute Gasteiger partial charge is 0.508 e. The summed E-state index contributed by atoms with van der Waals surface area (Å²) in [4.78, 5) is 50.8. The van der Waals surface area contributed by atoms with Crippen LogP contribution in [0.15, 0.2) is 36.4 Å². The van der Waals surface area contributed by atoms with Gasteiger partial charge in [-0.15, -0.1) is 12.4 Å². The van der Waals surface area contributed by atoms with Crippen molar-refractivity contribution in [2.24, 2.45) is 11.8 Å². The predicted molar refractivity (Wildman–Crippen MR) is 280 cm³/mol. The van der Waals surface area contributed by atoms with Crippen molar-refractivity contribution in [3.8, 4) is 11.5 Å². The molecule has 6 heterocycles. The second-order valence-corrected chi connectivity index (χ2v) is 24.8. The van der Waals surface area contributed by atoms with Crippen molar-refractivity contribution in [2.75, 3.05) is 38.7 Å². The smallest absolute Gasteiger partial charge is 0.315 e. The Morgan fingerprint density at radius 2 is 1.20 bits per heavy atom. The number of rotatable bonds is 11. The van der Waals surface area contributed by atoms with Crippen molar-refractivity contribution in [1.82, 2.24) is 31.1 Å². The van der Waals surface area contributed by atoms with Crippen molar-refractivity contribution in [3.63, 3.8) is 0 Å². The number of urea groups is 2. The molecule has 13 nitrogen and oxygen atoms in total. The number of unbranched alkanes of at least 4 members (excludes halogenated alkanes) is 2. The summed E-state index contributed by atoms with van der Waals surface area (Å²) in [5, 5.41) is 31.2. The van der Waals surface area contributed by atoms with Crippen LogP contribution in [-0.2, 0) is 33.3 Å². The molecular formula is C54H77ClN6O7S2. The molecule has 2 aromatic carbocycles. The zero-order valence-electron chi connectivity index (χ0n) is 41.3. The number of phenolic OH excluding ortho intramolecular Hbond substituents is 1. The number of phenols is 1. The number of esters is 1. The number of halogens is 1. The molecule has 16 heteroatoms. The van der Waals surface area contributed by atoms with Crippen LogP contribution in [0.1, 0.15) is 138 Å². The Hall–Kier alpha value is -3.37. The summed E-state index contributed by atoms with van der Waals surface area (Å²) in [6.07, 6.45) is 21.7. The van der Waals surface area contributed by atoms with E-state index in [1.165, 1.54) is 106 Å². The lowest BCUT2D eigenvalue weighted by Gasteiger charge is -2.58. The highest BCUT2D eigenvalue weighted by molar-refractivity contribution is 8.00. The van der Waals surface area contributed by atoms with Gasteiger partial charge in [-0.3, -0.25) is 9.59 Å². The Morgan fingerprint density at radius 1 is 0.686 bits per heavy atom. The first-order valence-corrected chi connectivity index (χ1v) is 28.7. The van der Waals surface area contributed by atoms with E-state index in [0.29, 0.717) is 34.1 Å². The van der Waals surface area contributed by atoms with E-state index in [1.54, 1.807) is 0 Å². The Balaban J connectivity index is 0.000000143. The van der Waals surface area contributed by atoms with Gasteiger partial charge in [0.25, 0.3) is 0 Å². The Labute approximate surface area is 429 Å². The molecule has 6 aliphatic heterocycles. The van der Waals surface area contributed by atoms with Crippen LogP contribution in [-0.4, -0.2) is 129 Å². The van der Waals surface area contributed by atoms with Gasteiger partial charge in [0, 0.05) is 57.8 Å². The molecule has 6 N–H and O–H groups in total. The maximum atomic E-state index is 12.6. The van der Waals surface area contributed by atoms with Gasteiger partial charge in [-0.1, -0.05) is 50.7 Å². The van der Waals surface area contributed by atoms with E-state index in [4.69, 9.17) is 9.84 Å². The molecule has 8 fully saturated rings. The summed E-state index contributed by atoms with van der Waals surface area (Å²) in [5.41, 5.74) is 6.59. The Bertz CT molecular complexity index is 2240. The van der Waals surface area contributed by atoms with Gasteiger partial charge in [-0.2, -0.15) is 23.5 Å². The lowest BCUT2D eigenvalue weighted by Crippen LogP contribution is -2.59. The number of likely N-dealkylation sites (tertiary alicyclic amines) is 2. The van der Waals surface area contributed by atoms with Crippen molar-refractivity contribution in [1.29, 1.82) is 0 Å². The standard InChI is InChI=1S/C27H37N3O3S.C17H23NO.C10H16N2O3S.ClH/c1-30-13-12-27-11-5-4-6-19(27)22(30)14-17-9-10-18(15-20(17)27)33-24(31)8-3-2-7-23-25-21(16-34-23)28-26(32)29-25;1-18-9-8-17-7-3-2-4-14(17)16(18)10-12-5-6-13(19)11-15(12)17;13-8(14)4-2-1-3-7-9-6(5-16-7)11-10(15)12-9;/h9-10,15,19,21-23,25H,2-8,11-14,16H2,1H3,(H2,28,29,32);5-6,11,14,16,19H,2-4,7-10H2,1H3;6-7,9H,1-5H2,(H,13,14)(H2,11,12,15);1H/t19-,21?,22+,23?,25?,27+;14-,16+,17+;6?,7-,9?;/m110./s1. The number of piperidine rings is 2. The number of carboxylic acids is 1. The first kappa shape index (κ1) is 51.5. The van der Waals surface area contributed by atoms with Crippen LogP contribution < -0.4 is 26.0 Å². The molecule has 5 unspecified atom stereocenters. The lowest BCUT2D eigenvalue weighted by atomic mass is 9.52. The molecule has 4 amide bonds. The number of thioether (sulfide) groups is 2. The average Bonchev–Trinajstić information content (AvgIpc) is 4.11. The highest BCUT2D eigenvalue weighted by Gasteiger charge is 2.55. The number of fused-ring (bicyclic) bond motifs is 4. The monoisotopic (exact) mass is 1020 g/mol. The zero-order chi connectivity index (χ0) is 47.9. The van der Waals surface area contributed by atoms with Gasteiger partial charge >= 0.3 is 24.0 Å². The number of aromatic hydroxyl groups is 1. The van der Waals surface area contributed by atoms with Crippen LogP contribution >= 0.6 is 35.9 Å². The van der Waals surface area contributed by atoms with E-state index in [9.17, 15) is 24.3 Å². The molecule has 4 bridgehead atoms. The molecule has 2 aromatic rings. The second kappa shape index (κ2) is 22.0. The minimum absolute atomic E-state index is 0. The zero-order valence-corrected chi connectivity index (χ0v) is 43.7. The summed E-state index contributed by atoms with van der Waals surface area (Å²) in [7, 11) is 4.60. The van der Waals surface area contributed by atoms with Crippen LogP contribution in [0, 0.1) is 11.8 Å². The molecule has 0 spiro atoms. The van der Waals surface area contributed by atoms with Crippen LogP contribution in [0.4, 0.5) is 9.59 Å². The molecule has 384 valence electrons. The Kier molecular flexibility index (Phi) is 16.2. The van der Waals surface area contributed by atoms with Crippen LogP contribution in [0.25, 0.3) is 0 Å². The number of hydrogen-bond acceptors (Lipinski definition) is 10. The number of carbonyl (C=O) groups is 4. The quantitative estimate of drug-likeness (QED) is 0.0554. The maximum absolute atomic E-state index is 12.6. The summed E-state index contributed by atoms with van der Waals surface area (Å²) < 4.78 is 5.85. The molecule has 4 aliphatic carbocycles. The highest BCUT2D eigenvalue weighted by Crippen LogP contribution is 2.57. The van der Waals surface area contributed by atoms with Gasteiger partial charge in [0.05, 0.1) is 24.2 Å². The molecule has 2 saturated carbocycles. The molecule has 70 heavy (non-hydrogen) atoms. The molecule has 12 atom stereocenters. The van der Waals surface area contributed by atoms with E-state index in [2.05, 4.69) is 69.4 Å². The molecule has 6 saturated heterocycles. The van der Waals surface area contributed by atoms with Crippen molar-refractivity contribution < 1.29 is 34.1 Å². The number of benzene rings is 2. The van der Waals surface area contributed by atoms with Gasteiger partial charge in [-0.05, 0) is 163 Å². The number of hydrogen-bond donors (Lipinski definition) is 6. The number of likely N-dealkylation sites (N-methyl/N-ethyl adjacent to an activating group) is 2. The normalized spacial score (nSPS) is 35.1. The number of aliphatic carboxylic acids is 1. The van der Waals surface area contributed by atoms with Gasteiger partial charge in [0.1, 0.15) is 11.5 Å². The van der Waals surface area contributed by atoms with Gasteiger partial charge in [-0.25, -0.2) is 9.59 Å². The summed E-state index contributed by atoms with van der Waals surface area (Å²) in [6, 6.07) is 14.9. The fourth-order valence-corrected chi connectivity index (χ4v) is 18.2. The fraction of sp³-hybridized carbons (Fsp3) is 0.704. The third-order valence-electron chi connectivity index (χ3n) is 18.5. The van der Waals surface area contributed by atoms with Gasteiger partial charge in [0.15, 0.2) is 0 Å². The minimum atomic E-state index is -0.729. The highest BCUT2D eigenvalue weighted by atomic mass is 35.5. The third kappa shape index (κ3) is 10.4. The second-order valence-electron chi connectivity index (χ2n) is 22.3. The fourth-order valence-electron chi connectivity index (χ4n) is 15.1. The van der Waals surface area contributed by atoms with Crippen molar-refractivity contribution in [3.05, 3.63) is 58.7 Å². The van der Waals surface area contributed by atoms with Crippen molar-refractivity contribution >= 4 is 59.9 Å². The maximum Gasteiger partial charge on any atom is 0.315 e. The number of nitrogens with one attached hydrogen (secondary N) is 4. The van der Waals surface area contributed by atoms with E-state index in [0.717, 1.165) is 80.1 Å². The number of ether oxygens (including phenoxy) is 1. The summed E-state index contributed by atoms with van der Waals surface area (Å²) in [6.45, 7) is 2.39. The number of nitrogens with zero attached hydrogens (tertiary/aromatic N) is 2. The minimum Gasteiger partial charge on any atom is -0.508 e. The average molecular weight is 1020 g/mol. The van der Waals surface area contributed by atoms with E-state index in [1.807, 2.05) is 35.7 Å². The SMILES string of the molecule is CN1CC[C@@]23CCCC[C@@H]2[C@@H]1Cc1ccc(O)cc13.CN1CC[C@@]23CCCC[C@@H]2[C@@H]1Cc1ccc(OC(=O)CCCCC2SCC4NC(=O)NC42)cc13.Cl.O=C(O)CCCC[C@@H]1SCC2NC(=O)NC21. The topological polar surface area (TPSA) is 173 Å². The van der Waals surface area contributed by atoms with E-state index < -0.39 is 5.97 Å². The number of carboxylic acid groups (broad SMARTS) is 1. The van der Waals surface area contributed by atoms with E-state index in [-0.39, 0.29) is 66.4 Å². The number of carbonyl (C=O) groups excluding carboxylic acids is 3. The first-order valence-electron chi connectivity index (χ1n) is 26.6. The first-order chi connectivity index (χ1) is 33.4. The molecular weight excluding hydrogens is 944 g/mol. The van der Waals surface area contributed by atoms with Crippen LogP contribution in [0.3, 0.4) is 0 Å². The van der Waals surface area contributed by atoms with Crippen LogP contribution in [0.5, 0.6) is 11.5 Å². The predicted octanol–water partition coefficient (Wildman–Crippen LogP) is 8.31. The van der Waals surface area contributed by atoms with Gasteiger partial charge < -0.3 is 46.0 Å². The Morgan fingerprint density at radius 3 is 1.74 bits per heavy atom. The summed E-state index contributed by atoms with van der Waals surface area (Å²) >= 11 is 3.80. The third-order valence-corrected chi connectivity index (χ3v) is 21.6. The van der Waals surface area contributed by atoms with Gasteiger partial charge in [0.2, 0.25) is 0 Å². The molecule has 12 rings (SSSR count). The van der Waals surface area contributed by atoms with Crippen molar-refractivity contribution in [2.45, 2.75) is 186 Å². The molecule has 0 radical (unpaired) electrons. The van der Waals surface area contributed by atoms with Crippen LogP contribution in [0.2, 0.25) is 0 Å². The molecule has 0 aromatic heterocycles. The van der Waals surface area contributed by atoms with E-state index >= 15 is 0 Å². The number of amides is 4. The molecule has 10 aliphatic rings.